The molecule has 1 aromatic rings. The average molecular weight is 261 g/mol. The summed E-state index contributed by atoms with van der Waals surface area (Å²) in [5.74, 6) is 0.00284. The molecular formula is C12H17ClO2S. The van der Waals surface area contributed by atoms with E-state index in [1.807, 2.05) is 12.1 Å². The van der Waals surface area contributed by atoms with Gasteiger partial charge < -0.3 is 0 Å². The van der Waals surface area contributed by atoms with Crippen molar-refractivity contribution in [2.75, 3.05) is 5.75 Å². The summed E-state index contributed by atoms with van der Waals surface area (Å²) in [6.07, 6.45) is 3.95. The molecule has 0 fully saturated rings. The normalized spacial score (nSPS) is 11.6. The Kier molecular flexibility index (Phi) is 5.29. The van der Waals surface area contributed by atoms with Gasteiger partial charge in [-0.2, -0.15) is 0 Å². The molecule has 90 valence electrons. The molecule has 0 aromatic heterocycles. The molecule has 0 aliphatic carbocycles. The summed E-state index contributed by atoms with van der Waals surface area (Å²) in [4.78, 5) is 0. The van der Waals surface area contributed by atoms with Crippen molar-refractivity contribution in [1.29, 1.82) is 0 Å². The quantitative estimate of drug-likeness (QED) is 0.737. The molecule has 16 heavy (non-hydrogen) atoms. The van der Waals surface area contributed by atoms with Crippen molar-refractivity contribution in [3.63, 3.8) is 0 Å². The van der Waals surface area contributed by atoms with Crippen LogP contribution in [0.2, 0.25) is 0 Å². The van der Waals surface area contributed by atoms with Gasteiger partial charge >= 0.3 is 0 Å². The van der Waals surface area contributed by atoms with Gasteiger partial charge in [-0.1, -0.05) is 37.6 Å². The van der Waals surface area contributed by atoms with E-state index in [-0.39, 0.29) is 5.75 Å². The molecule has 0 saturated carbocycles. The molecule has 0 aliphatic rings. The number of benzene rings is 1. The van der Waals surface area contributed by atoms with Crippen LogP contribution in [0.4, 0.5) is 0 Å². The number of aryl methyl sites for hydroxylation is 2. The number of unbranched alkanes of at least 4 members (excludes halogenated alkanes) is 1. The van der Waals surface area contributed by atoms with Crippen molar-refractivity contribution in [3.8, 4) is 0 Å². The van der Waals surface area contributed by atoms with Crippen LogP contribution in [0.1, 0.15) is 30.9 Å². The van der Waals surface area contributed by atoms with Crippen LogP contribution in [0, 0.1) is 0 Å². The van der Waals surface area contributed by atoms with E-state index in [9.17, 15) is 8.42 Å². The van der Waals surface area contributed by atoms with Gasteiger partial charge in [0, 0.05) is 10.7 Å². The van der Waals surface area contributed by atoms with Gasteiger partial charge in [0.15, 0.2) is 0 Å². The molecule has 0 N–H and O–H groups in total. The highest BCUT2D eigenvalue weighted by Crippen LogP contribution is 2.10. The van der Waals surface area contributed by atoms with Crippen LogP contribution in [0.3, 0.4) is 0 Å². The fourth-order valence-corrected chi connectivity index (χ4v) is 2.20. The zero-order chi connectivity index (χ0) is 12.0. The van der Waals surface area contributed by atoms with E-state index in [1.54, 1.807) is 0 Å². The van der Waals surface area contributed by atoms with E-state index in [0.29, 0.717) is 6.42 Å². The maximum Gasteiger partial charge on any atom is 0.232 e. The molecule has 0 bridgehead atoms. The number of halogens is 1. The second-order valence-corrected chi connectivity index (χ2v) is 6.81. The summed E-state index contributed by atoms with van der Waals surface area (Å²) in [7, 11) is 1.78. The molecule has 4 heteroatoms. The maximum absolute atomic E-state index is 10.8. The first kappa shape index (κ1) is 13.5. The first-order chi connectivity index (χ1) is 7.51. The molecule has 2 nitrogen and oxygen atoms in total. The van der Waals surface area contributed by atoms with Gasteiger partial charge in [0.2, 0.25) is 9.05 Å². The predicted octanol–water partition coefficient (Wildman–Crippen LogP) is 3.14. The Morgan fingerprint density at radius 3 is 2.00 bits per heavy atom. The summed E-state index contributed by atoms with van der Waals surface area (Å²) >= 11 is 0. The Morgan fingerprint density at radius 1 is 1.06 bits per heavy atom. The van der Waals surface area contributed by atoms with Crippen LogP contribution < -0.4 is 0 Å². The van der Waals surface area contributed by atoms with Crippen LogP contribution >= 0.6 is 10.7 Å². The van der Waals surface area contributed by atoms with Crippen LogP contribution in [-0.2, 0) is 21.9 Å². The second kappa shape index (κ2) is 6.26. The second-order valence-electron chi connectivity index (χ2n) is 3.91. The highest BCUT2D eigenvalue weighted by atomic mass is 35.7. The topological polar surface area (TPSA) is 34.1 Å². The molecule has 0 aliphatic heterocycles. The highest BCUT2D eigenvalue weighted by Gasteiger charge is 2.05. The predicted molar refractivity (Wildman–Crippen MR) is 68.4 cm³/mol. The third kappa shape index (κ3) is 5.52. The monoisotopic (exact) mass is 260 g/mol. The highest BCUT2D eigenvalue weighted by molar-refractivity contribution is 8.13. The zero-order valence-electron chi connectivity index (χ0n) is 9.45. The molecule has 0 amide bonds. The fraction of sp³-hybridized carbons (Fsp3) is 0.500. The van der Waals surface area contributed by atoms with Crippen molar-refractivity contribution in [2.45, 2.75) is 32.6 Å². The molecule has 1 aromatic carbocycles. The minimum Gasteiger partial charge on any atom is -0.212 e. The van der Waals surface area contributed by atoms with Crippen molar-refractivity contribution in [3.05, 3.63) is 35.4 Å². The Labute approximate surface area is 102 Å². The van der Waals surface area contributed by atoms with Crippen molar-refractivity contribution < 1.29 is 8.42 Å². The van der Waals surface area contributed by atoms with Crippen LogP contribution in [-0.4, -0.2) is 14.2 Å². The van der Waals surface area contributed by atoms with Gasteiger partial charge in [0.1, 0.15) is 0 Å². The lowest BCUT2D eigenvalue weighted by Gasteiger charge is -2.02. The molecule has 0 spiro atoms. The van der Waals surface area contributed by atoms with E-state index in [2.05, 4.69) is 19.1 Å². The SMILES string of the molecule is CCCCc1ccc(CCS(=O)(=O)Cl)cc1. The fourth-order valence-electron chi connectivity index (χ4n) is 1.49. The number of hydrogen-bond donors (Lipinski definition) is 0. The van der Waals surface area contributed by atoms with Crippen molar-refractivity contribution in [2.24, 2.45) is 0 Å². The summed E-state index contributed by atoms with van der Waals surface area (Å²) in [6, 6.07) is 8.08. The maximum atomic E-state index is 10.8. The van der Waals surface area contributed by atoms with E-state index in [0.717, 1.165) is 12.0 Å². The lowest BCUT2D eigenvalue weighted by molar-refractivity contribution is 0.609. The standard InChI is InChI=1S/C12H17ClO2S/c1-2-3-4-11-5-7-12(8-6-11)9-10-16(13,14)15/h5-8H,2-4,9-10H2,1H3. The van der Waals surface area contributed by atoms with E-state index in [4.69, 9.17) is 10.7 Å². The van der Waals surface area contributed by atoms with Gasteiger partial charge in [0.25, 0.3) is 0 Å². The molecule has 0 heterocycles. The molecule has 0 atom stereocenters. The Hall–Kier alpha value is -0.540. The third-order valence-electron chi connectivity index (χ3n) is 2.48. The first-order valence-corrected chi connectivity index (χ1v) is 7.99. The van der Waals surface area contributed by atoms with Crippen molar-refractivity contribution >= 4 is 19.7 Å². The minimum absolute atomic E-state index is 0.00284. The Morgan fingerprint density at radius 2 is 1.56 bits per heavy atom. The van der Waals surface area contributed by atoms with E-state index < -0.39 is 9.05 Å². The van der Waals surface area contributed by atoms with Gasteiger partial charge in [-0.05, 0) is 30.4 Å². The van der Waals surface area contributed by atoms with Crippen LogP contribution in [0.15, 0.2) is 24.3 Å². The molecule has 0 unspecified atom stereocenters. The number of hydrogen-bond acceptors (Lipinski definition) is 2. The average Bonchev–Trinajstić information content (AvgIpc) is 2.24. The van der Waals surface area contributed by atoms with Crippen molar-refractivity contribution in [1.82, 2.24) is 0 Å². The zero-order valence-corrected chi connectivity index (χ0v) is 11.0. The summed E-state index contributed by atoms with van der Waals surface area (Å²) < 4.78 is 21.6. The van der Waals surface area contributed by atoms with E-state index >= 15 is 0 Å². The summed E-state index contributed by atoms with van der Waals surface area (Å²) in [5.41, 5.74) is 2.32. The van der Waals surface area contributed by atoms with E-state index in [1.165, 1.54) is 18.4 Å². The van der Waals surface area contributed by atoms with Gasteiger partial charge in [-0.25, -0.2) is 8.42 Å². The van der Waals surface area contributed by atoms with Gasteiger partial charge in [-0.15, -0.1) is 0 Å². The van der Waals surface area contributed by atoms with Gasteiger partial charge in [0.05, 0.1) is 5.75 Å². The Bertz CT molecular complexity index is 409. The van der Waals surface area contributed by atoms with Crippen LogP contribution in [0.25, 0.3) is 0 Å². The van der Waals surface area contributed by atoms with Gasteiger partial charge in [-0.3, -0.25) is 0 Å². The third-order valence-corrected chi connectivity index (χ3v) is 3.63. The first-order valence-electron chi connectivity index (χ1n) is 5.51. The summed E-state index contributed by atoms with van der Waals surface area (Å²) in [5, 5.41) is 0. The molecule has 1 rings (SSSR count). The number of rotatable bonds is 6. The molecule has 0 radical (unpaired) electrons. The Balaban J connectivity index is 2.51. The lowest BCUT2D eigenvalue weighted by Crippen LogP contribution is -2.01. The minimum atomic E-state index is -3.37. The largest absolute Gasteiger partial charge is 0.232 e. The van der Waals surface area contributed by atoms with Crippen LogP contribution in [0.5, 0.6) is 0 Å². The molecular weight excluding hydrogens is 244 g/mol. The summed E-state index contributed by atoms with van der Waals surface area (Å²) in [6.45, 7) is 2.17. The smallest absolute Gasteiger partial charge is 0.212 e. The molecule has 0 saturated heterocycles. The lowest BCUT2D eigenvalue weighted by atomic mass is 10.1.